The fourth-order valence-corrected chi connectivity index (χ4v) is 2.09. The minimum absolute atomic E-state index is 0. The van der Waals surface area contributed by atoms with Gasteiger partial charge in [0.2, 0.25) is 0 Å². The second kappa shape index (κ2) is 9.66. The van der Waals surface area contributed by atoms with Crippen molar-refractivity contribution in [3.63, 3.8) is 0 Å². The van der Waals surface area contributed by atoms with Gasteiger partial charge in [0.15, 0.2) is 0 Å². The SMILES string of the molecule is Cl.Cl.NCc1cc(C(=O)NCCc2cscn2)ccn1. The predicted molar refractivity (Wildman–Crippen MR) is 84.8 cm³/mol. The number of hydrogen-bond donors (Lipinski definition) is 2. The first-order valence-corrected chi connectivity index (χ1v) is 6.54. The van der Waals surface area contributed by atoms with Crippen molar-refractivity contribution < 1.29 is 4.79 Å². The number of hydrogen-bond acceptors (Lipinski definition) is 5. The molecular weight excluding hydrogens is 319 g/mol. The highest BCUT2D eigenvalue weighted by atomic mass is 35.5. The van der Waals surface area contributed by atoms with Crippen LogP contribution in [0.15, 0.2) is 29.2 Å². The molecule has 2 aromatic heterocycles. The standard InChI is InChI=1S/C12H14N4OS.2ClH/c13-6-11-5-9(1-3-14-11)12(17)15-4-2-10-7-18-8-16-10;;/h1,3,5,7-8H,2,4,6,13H2,(H,15,17);2*1H. The smallest absolute Gasteiger partial charge is 0.251 e. The Balaban J connectivity index is 0.00000180. The summed E-state index contributed by atoms with van der Waals surface area (Å²) in [5.74, 6) is -0.109. The average molecular weight is 335 g/mol. The number of thiazole rings is 1. The van der Waals surface area contributed by atoms with Gasteiger partial charge < -0.3 is 11.1 Å². The lowest BCUT2D eigenvalue weighted by molar-refractivity contribution is 0.0954. The number of rotatable bonds is 5. The Hall–Kier alpha value is -1.21. The van der Waals surface area contributed by atoms with Gasteiger partial charge in [-0.1, -0.05) is 0 Å². The van der Waals surface area contributed by atoms with Crippen LogP contribution in [0.2, 0.25) is 0 Å². The molecule has 0 radical (unpaired) electrons. The van der Waals surface area contributed by atoms with Gasteiger partial charge in [-0.2, -0.15) is 0 Å². The van der Waals surface area contributed by atoms with E-state index in [4.69, 9.17) is 5.73 Å². The Bertz CT molecular complexity index is 522. The molecule has 110 valence electrons. The van der Waals surface area contributed by atoms with Gasteiger partial charge in [-0.3, -0.25) is 9.78 Å². The van der Waals surface area contributed by atoms with Crippen molar-refractivity contribution in [2.75, 3.05) is 6.54 Å². The quantitative estimate of drug-likeness (QED) is 0.873. The van der Waals surface area contributed by atoms with Gasteiger partial charge in [-0.05, 0) is 12.1 Å². The van der Waals surface area contributed by atoms with E-state index >= 15 is 0 Å². The number of nitrogens with one attached hydrogen (secondary N) is 1. The maximum absolute atomic E-state index is 11.8. The molecule has 0 fully saturated rings. The van der Waals surface area contributed by atoms with Crippen molar-refractivity contribution in [1.82, 2.24) is 15.3 Å². The van der Waals surface area contributed by atoms with Crippen LogP contribution in [0.1, 0.15) is 21.7 Å². The zero-order valence-electron chi connectivity index (χ0n) is 10.6. The fourth-order valence-electron chi connectivity index (χ4n) is 1.50. The number of nitrogens with zero attached hydrogens (tertiary/aromatic N) is 2. The summed E-state index contributed by atoms with van der Waals surface area (Å²) in [5, 5.41) is 4.82. The van der Waals surface area contributed by atoms with Crippen LogP contribution in [-0.2, 0) is 13.0 Å². The van der Waals surface area contributed by atoms with Crippen molar-refractivity contribution in [1.29, 1.82) is 0 Å². The molecule has 0 saturated carbocycles. The third-order valence-electron chi connectivity index (χ3n) is 2.44. The first-order valence-electron chi connectivity index (χ1n) is 5.60. The number of aromatic nitrogens is 2. The highest BCUT2D eigenvalue weighted by Crippen LogP contribution is 2.03. The fraction of sp³-hybridized carbons (Fsp3) is 0.250. The summed E-state index contributed by atoms with van der Waals surface area (Å²) in [6.07, 6.45) is 2.33. The first-order chi connectivity index (χ1) is 8.79. The van der Waals surface area contributed by atoms with Crippen molar-refractivity contribution in [2.24, 2.45) is 5.73 Å². The summed E-state index contributed by atoms with van der Waals surface area (Å²) < 4.78 is 0. The molecule has 0 aliphatic rings. The molecule has 8 heteroatoms. The number of carbonyl (C=O) groups is 1. The van der Waals surface area contributed by atoms with Crippen molar-refractivity contribution in [2.45, 2.75) is 13.0 Å². The third-order valence-corrected chi connectivity index (χ3v) is 3.07. The number of carbonyl (C=O) groups excluding carboxylic acids is 1. The Kier molecular flexibility index (Phi) is 9.07. The maximum Gasteiger partial charge on any atom is 0.251 e. The van der Waals surface area contributed by atoms with Crippen LogP contribution in [0.3, 0.4) is 0 Å². The zero-order chi connectivity index (χ0) is 12.8. The van der Waals surface area contributed by atoms with Crippen LogP contribution in [0, 0.1) is 0 Å². The summed E-state index contributed by atoms with van der Waals surface area (Å²) in [6, 6.07) is 3.38. The summed E-state index contributed by atoms with van der Waals surface area (Å²) in [4.78, 5) is 20.0. The second-order valence-corrected chi connectivity index (χ2v) is 4.44. The zero-order valence-corrected chi connectivity index (χ0v) is 13.1. The van der Waals surface area contributed by atoms with Gasteiger partial charge in [-0.15, -0.1) is 36.2 Å². The van der Waals surface area contributed by atoms with Crippen LogP contribution < -0.4 is 11.1 Å². The molecule has 2 aromatic rings. The highest BCUT2D eigenvalue weighted by Gasteiger charge is 2.06. The third kappa shape index (κ3) is 5.42. The Morgan fingerprint density at radius 3 is 2.75 bits per heavy atom. The molecule has 0 aliphatic carbocycles. The summed E-state index contributed by atoms with van der Waals surface area (Å²) in [5.41, 5.74) is 9.56. The predicted octanol–water partition coefficient (Wildman–Crippen LogP) is 1.81. The van der Waals surface area contributed by atoms with E-state index in [-0.39, 0.29) is 30.7 Å². The highest BCUT2D eigenvalue weighted by molar-refractivity contribution is 7.07. The number of pyridine rings is 1. The van der Waals surface area contributed by atoms with Crippen LogP contribution in [-0.4, -0.2) is 22.4 Å². The second-order valence-electron chi connectivity index (χ2n) is 3.73. The Labute approximate surface area is 133 Å². The van der Waals surface area contributed by atoms with E-state index in [0.717, 1.165) is 12.1 Å². The van der Waals surface area contributed by atoms with Crippen LogP contribution >= 0.6 is 36.2 Å². The molecule has 1 amide bonds. The molecule has 2 heterocycles. The van der Waals surface area contributed by atoms with Crippen molar-refractivity contribution in [3.8, 4) is 0 Å². The molecule has 0 spiro atoms. The van der Waals surface area contributed by atoms with Gasteiger partial charge in [0.25, 0.3) is 5.91 Å². The molecule has 3 N–H and O–H groups in total. The molecule has 0 saturated heterocycles. The molecule has 0 aliphatic heterocycles. The number of halogens is 2. The van der Waals surface area contributed by atoms with Crippen molar-refractivity contribution >= 4 is 42.1 Å². The largest absolute Gasteiger partial charge is 0.352 e. The maximum atomic E-state index is 11.8. The summed E-state index contributed by atoms with van der Waals surface area (Å²) in [7, 11) is 0. The Morgan fingerprint density at radius 2 is 2.10 bits per heavy atom. The number of amides is 1. The topological polar surface area (TPSA) is 80.9 Å². The first kappa shape index (κ1) is 18.8. The van der Waals surface area contributed by atoms with Gasteiger partial charge >= 0.3 is 0 Å². The monoisotopic (exact) mass is 334 g/mol. The molecule has 20 heavy (non-hydrogen) atoms. The van der Waals surface area contributed by atoms with Gasteiger partial charge in [0.1, 0.15) is 0 Å². The van der Waals surface area contributed by atoms with E-state index in [0.29, 0.717) is 24.3 Å². The molecule has 0 atom stereocenters. The van der Waals surface area contributed by atoms with Crippen LogP contribution in [0.25, 0.3) is 0 Å². The van der Waals surface area contributed by atoms with Crippen LogP contribution in [0.5, 0.6) is 0 Å². The molecule has 0 aromatic carbocycles. The molecule has 5 nitrogen and oxygen atoms in total. The van der Waals surface area contributed by atoms with Gasteiger partial charge in [0, 0.05) is 36.7 Å². The van der Waals surface area contributed by atoms with E-state index in [2.05, 4.69) is 15.3 Å². The van der Waals surface area contributed by atoms with E-state index in [1.54, 1.807) is 35.2 Å². The lowest BCUT2D eigenvalue weighted by Crippen LogP contribution is -2.26. The van der Waals surface area contributed by atoms with E-state index < -0.39 is 0 Å². The molecule has 0 unspecified atom stereocenters. The lowest BCUT2D eigenvalue weighted by Gasteiger charge is -2.05. The minimum Gasteiger partial charge on any atom is -0.352 e. The summed E-state index contributed by atoms with van der Waals surface area (Å²) in [6.45, 7) is 0.906. The normalized spacial score (nSPS) is 9.25. The van der Waals surface area contributed by atoms with E-state index in [9.17, 15) is 4.79 Å². The number of nitrogens with two attached hydrogens (primary N) is 1. The van der Waals surface area contributed by atoms with Crippen molar-refractivity contribution in [3.05, 3.63) is 46.2 Å². The van der Waals surface area contributed by atoms with Crippen LogP contribution in [0.4, 0.5) is 0 Å². The average Bonchev–Trinajstić information content (AvgIpc) is 2.92. The summed E-state index contributed by atoms with van der Waals surface area (Å²) >= 11 is 1.55. The molecular formula is C12H16Cl2N4OS. The van der Waals surface area contributed by atoms with E-state index in [1.807, 2.05) is 5.38 Å². The minimum atomic E-state index is -0.109. The van der Waals surface area contributed by atoms with E-state index in [1.165, 1.54) is 0 Å². The lowest BCUT2D eigenvalue weighted by atomic mass is 10.2. The Morgan fingerprint density at radius 1 is 1.30 bits per heavy atom. The van der Waals surface area contributed by atoms with Gasteiger partial charge in [0.05, 0.1) is 16.9 Å². The molecule has 0 bridgehead atoms. The van der Waals surface area contributed by atoms with Gasteiger partial charge in [-0.25, -0.2) is 4.98 Å². The molecule has 2 rings (SSSR count).